The fourth-order valence-corrected chi connectivity index (χ4v) is 3.91. The third-order valence-electron chi connectivity index (χ3n) is 4.44. The molecule has 1 unspecified atom stereocenters. The van der Waals surface area contributed by atoms with Gasteiger partial charge in [0, 0.05) is 25.8 Å². The Labute approximate surface area is 187 Å². The number of thiazole rings is 1. The normalized spacial score (nSPS) is 10.6. The van der Waals surface area contributed by atoms with Gasteiger partial charge in [-0.2, -0.15) is 0 Å². The topological polar surface area (TPSA) is 50.2 Å². The smallest absolute Gasteiger partial charge is 0.307 e. The van der Waals surface area contributed by atoms with Crippen LogP contribution < -0.4 is 0 Å². The van der Waals surface area contributed by atoms with E-state index in [-0.39, 0.29) is 15.8 Å². The number of aromatic nitrogens is 1. The average molecular weight is 422 g/mol. The molecule has 0 amide bonds. The van der Waals surface area contributed by atoms with Crippen LogP contribution in [-0.2, 0) is 24.1 Å². The molecule has 3 nitrogen and oxygen atoms in total. The molecule has 0 aliphatic rings. The first-order valence-electron chi connectivity index (χ1n) is 9.96. The Bertz CT molecular complexity index is 847. The molecule has 0 aliphatic heterocycles. The van der Waals surface area contributed by atoms with Crippen LogP contribution in [0.5, 0.6) is 0 Å². The van der Waals surface area contributed by atoms with Crippen LogP contribution in [0.3, 0.4) is 0 Å². The zero-order valence-corrected chi connectivity index (χ0v) is 18.3. The number of benzene rings is 2. The van der Waals surface area contributed by atoms with E-state index in [0.717, 1.165) is 34.7 Å². The van der Waals surface area contributed by atoms with Gasteiger partial charge in [0.05, 0.1) is 16.6 Å². The molecular weight excluding hydrogens is 389 g/mol. The Morgan fingerprint density at radius 3 is 2.20 bits per heavy atom. The van der Waals surface area contributed by atoms with Crippen molar-refractivity contribution in [2.24, 2.45) is 5.92 Å². The summed E-state index contributed by atoms with van der Waals surface area (Å²) in [4.78, 5) is 16.3. The second-order valence-corrected chi connectivity index (χ2v) is 7.45. The van der Waals surface area contributed by atoms with E-state index >= 15 is 0 Å². The summed E-state index contributed by atoms with van der Waals surface area (Å²) in [6.07, 6.45) is 3.21. The Kier molecular flexibility index (Phi) is 13.4. The number of aryl methyl sites for hydroxylation is 1. The number of carbonyl (C=O) groups is 1. The van der Waals surface area contributed by atoms with Gasteiger partial charge in [-0.3, -0.25) is 4.79 Å². The van der Waals surface area contributed by atoms with E-state index in [0.29, 0.717) is 12.8 Å². The van der Waals surface area contributed by atoms with Crippen LogP contribution in [-0.4, -0.2) is 24.5 Å². The number of rotatable bonds is 8. The molecule has 0 aliphatic carbocycles. The molecule has 0 bridgehead atoms. The van der Waals surface area contributed by atoms with E-state index in [1.165, 1.54) is 5.56 Å². The fraction of sp³-hybridized carbons (Fsp3) is 0.360. The molecule has 1 aromatic heterocycles. The first kappa shape index (κ1) is 27.6. The van der Waals surface area contributed by atoms with Crippen molar-refractivity contribution < 1.29 is 9.90 Å². The quantitative estimate of drug-likeness (QED) is 0.420. The van der Waals surface area contributed by atoms with Crippen molar-refractivity contribution in [3.05, 3.63) is 76.1 Å². The van der Waals surface area contributed by atoms with E-state index in [1.807, 2.05) is 49.6 Å². The van der Waals surface area contributed by atoms with E-state index in [2.05, 4.69) is 36.2 Å². The van der Waals surface area contributed by atoms with Crippen molar-refractivity contribution in [1.82, 2.24) is 4.98 Å². The fourth-order valence-electron chi connectivity index (χ4n) is 3.02. The minimum atomic E-state index is -0.769. The minimum Gasteiger partial charge on any atom is -0.481 e. The van der Waals surface area contributed by atoms with Crippen molar-refractivity contribution in [2.45, 2.75) is 53.9 Å². The monoisotopic (exact) mass is 422 g/mol. The highest BCUT2D eigenvalue weighted by Crippen LogP contribution is 2.25. The van der Waals surface area contributed by atoms with E-state index < -0.39 is 11.9 Å². The number of hydrogen-bond donors (Lipinski definition) is 1. The van der Waals surface area contributed by atoms with Gasteiger partial charge in [-0.05, 0) is 24.0 Å². The molecule has 0 saturated heterocycles. The molecule has 1 heterocycles. The van der Waals surface area contributed by atoms with Crippen molar-refractivity contribution in [1.29, 1.82) is 0 Å². The van der Waals surface area contributed by atoms with Crippen molar-refractivity contribution in [2.75, 3.05) is 0 Å². The van der Waals surface area contributed by atoms with E-state index in [1.54, 1.807) is 11.3 Å². The highest BCUT2D eigenvalue weighted by atomic mass is 32.1. The number of nitrogens with zero attached hydrogens (tertiary/aromatic N) is 1. The number of hydrogen-bond acceptors (Lipinski definition) is 3. The molecule has 30 heavy (non-hydrogen) atoms. The Morgan fingerprint density at radius 2 is 1.63 bits per heavy atom. The maximum atomic E-state index is 11.7. The summed E-state index contributed by atoms with van der Waals surface area (Å²) < 4.78 is 0. The molecule has 0 spiro atoms. The number of carboxylic acids is 1. The minimum absolute atomic E-state index is 0. The predicted octanol–water partition coefficient (Wildman–Crippen LogP) is 6.53. The summed E-state index contributed by atoms with van der Waals surface area (Å²) in [5.74, 6) is -1.22. The van der Waals surface area contributed by atoms with Gasteiger partial charge in [0.25, 0.3) is 0 Å². The molecule has 0 saturated carbocycles. The standard InChI is InChI=1S/C22H23NO2S.C2H6.CH4.B/c1-2-6-16-9-11-18(12-10-16)20-15-26-21(23-20)14-19(22(24)25)13-17-7-4-3-5-8-17;1-2;;/h3-5,7-12,15,19H,2,6,13-14H2,1H3,(H,24,25);1-2H3;1H4;. The van der Waals surface area contributed by atoms with Gasteiger partial charge in [-0.15, -0.1) is 11.3 Å². The lowest BCUT2D eigenvalue weighted by molar-refractivity contribution is -0.141. The second-order valence-electron chi connectivity index (χ2n) is 6.50. The van der Waals surface area contributed by atoms with Gasteiger partial charge in [0.1, 0.15) is 0 Å². The van der Waals surface area contributed by atoms with E-state index in [9.17, 15) is 9.90 Å². The summed E-state index contributed by atoms with van der Waals surface area (Å²) >= 11 is 1.54. The first-order chi connectivity index (χ1) is 13.7. The molecule has 3 rings (SSSR count). The van der Waals surface area contributed by atoms with E-state index in [4.69, 9.17) is 0 Å². The molecule has 2 aromatic carbocycles. The SMILES string of the molecule is C.CC.CCCc1ccc(-c2csc(CC(Cc3ccccc3)C(=O)O)n2)cc1.[B]. The molecule has 1 N–H and O–H groups in total. The third kappa shape index (κ3) is 8.15. The third-order valence-corrected chi connectivity index (χ3v) is 5.31. The summed E-state index contributed by atoms with van der Waals surface area (Å²) in [7, 11) is 0. The highest BCUT2D eigenvalue weighted by Gasteiger charge is 2.20. The zero-order chi connectivity index (χ0) is 20.4. The van der Waals surface area contributed by atoms with Crippen molar-refractivity contribution >= 4 is 25.7 Å². The Balaban J connectivity index is 0.00000204. The number of aliphatic carboxylic acids is 1. The molecule has 159 valence electrons. The molecular formula is C25H33BNO2S. The molecule has 1 atom stereocenters. The van der Waals surface area contributed by atoms with Crippen LogP contribution in [0, 0.1) is 5.92 Å². The first-order valence-corrected chi connectivity index (χ1v) is 10.8. The van der Waals surface area contributed by atoms with Gasteiger partial charge in [-0.1, -0.05) is 89.2 Å². The summed E-state index contributed by atoms with van der Waals surface area (Å²) in [6, 6.07) is 18.3. The van der Waals surface area contributed by atoms with Crippen LogP contribution in [0.4, 0.5) is 0 Å². The number of carboxylic acid groups (broad SMARTS) is 1. The Hall–Kier alpha value is -2.40. The predicted molar refractivity (Wildman–Crippen MR) is 130 cm³/mol. The largest absolute Gasteiger partial charge is 0.481 e. The van der Waals surface area contributed by atoms with Gasteiger partial charge in [-0.25, -0.2) is 4.98 Å². The van der Waals surface area contributed by atoms with Crippen LogP contribution >= 0.6 is 11.3 Å². The molecule has 3 aromatic rings. The van der Waals surface area contributed by atoms with Crippen molar-refractivity contribution in [3.8, 4) is 11.3 Å². The van der Waals surface area contributed by atoms with Gasteiger partial charge >= 0.3 is 5.97 Å². The molecule has 3 radical (unpaired) electrons. The molecule has 0 fully saturated rings. The Morgan fingerprint density at radius 1 is 1.00 bits per heavy atom. The van der Waals surface area contributed by atoms with Crippen LogP contribution in [0.2, 0.25) is 0 Å². The van der Waals surface area contributed by atoms with Crippen LogP contribution in [0.1, 0.15) is 50.8 Å². The second kappa shape index (κ2) is 14.6. The zero-order valence-electron chi connectivity index (χ0n) is 17.5. The maximum absolute atomic E-state index is 11.7. The molecule has 5 heteroatoms. The van der Waals surface area contributed by atoms with Gasteiger partial charge in [0.2, 0.25) is 0 Å². The van der Waals surface area contributed by atoms with Gasteiger partial charge < -0.3 is 5.11 Å². The highest BCUT2D eigenvalue weighted by molar-refractivity contribution is 7.09. The lowest BCUT2D eigenvalue weighted by Gasteiger charge is -2.10. The lowest BCUT2D eigenvalue weighted by atomic mass is 9.96. The van der Waals surface area contributed by atoms with Crippen molar-refractivity contribution in [3.63, 3.8) is 0 Å². The maximum Gasteiger partial charge on any atom is 0.307 e. The average Bonchev–Trinajstić information content (AvgIpc) is 3.19. The van der Waals surface area contributed by atoms with Crippen LogP contribution in [0.15, 0.2) is 60.0 Å². The summed E-state index contributed by atoms with van der Waals surface area (Å²) in [5.41, 5.74) is 4.39. The van der Waals surface area contributed by atoms with Crippen LogP contribution in [0.25, 0.3) is 11.3 Å². The summed E-state index contributed by atoms with van der Waals surface area (Å²) in [5, 5.41) is 12.5. The summed E-state index contributed by atoms with van der Waals surface area (Å²) in [6.45, 7) is 6.18. The van der Waals surface area contributed by atoms with Gasteiger partial charge in [0.15, 0.2) is 0 Å². The lowest BCUT2D eigenvalue weighted by Crippen LogP contribution is -2.19.